The minimum Gasteiger partial charge on any atom is -0.324 e. The predicted molar refractivity (Wildman–Crippen MR) is 94.2 cm³/mol. The van der Waals surface area contributed by atoms with Crippen molar-refractivity contribution < 1.29 is 4.79 Å². The van der Waals surface area contributed by atoms with Gasteiger partial charge >= 0.3 is 6.03 Å². The summed E-state index contributed by atoms with van der Waals surface area (Å²) >= 11 is 0. The molecule has 2 N–H and O–H groups in total. The topological polar surface area (TPSA) is 46.1 Å². The number of nitrogens with zero attached hydrogens (tertiary/aromatic N) is 1. The molecule has 0 bridgehead atoms. The fraction of sp³-hybridized carbons (Fsp3) is 0.105. The Labute approximate surface area is 135 Å². The van der Waals surface area contributed by atoms with Crippen molar-refractivity contribution in [2.24, 2.45) is 0 Å². The van der Waals surface area contributed by atoms with Crippen molar-refractivity contribution >= 4 is 17.4 Å². The third kappa shape index (κ3) is 3.61. The summed E-state index contributed by atoms with van der Waals surface area (Å²) in [4.78, 5) is 12.1. The number of nitrogens with one attached hydrogen (secondary N) is 2. The zero-order valence-electron chi connectivity index (χ0n) is 13.0. The molecule has 116 valence electrons. The van der Waals surface area contributed by atoms with E-state index in [1.165, 1.54) is 0 Å². The van der Waals surface area contributed by atoms with Crippen LogP contribution in [0.3, 0.4) is 0 Å². The number of benzene rings is 2. The first-order valence-corrected chi connectivity index (χ1v) is 7.65. The van der Waals surface area contributed by atoms with Gasteiger partial charge in [-0.15, -0.1) is 0 Å². The highest BCUT2D eigenvalue weighted by Gasteiger charge is 2.05. The van der Waals surface area contributed by atoms with E-state index in [9.17, 15) is 4.79 Å². The molecule has 1 heterocycles. The van der Waals surface area contributed by atoms with Gasteiger partial charge in [0.15, 0.2) is 0 Å². The van der Waals surface area contributed by atoms with Gasteiger partial charge in [0, 0.05) is 29.5 Å². The molecule has 4 heteroatoms. The Morgan fingerprint density at radius 3 is 2.30 bits per heavy atom. The SMILES string of the molecule is CCc1ccccc1NC(=O)Nc1ccc(-n2cccc2)cc1. The predicted octanol–water partition coefficient (Wildman–Crippen LogP) is 4.68. The summed E-state index contributed by atoms with van der Waals surface area (Å²) in [6.45, 7) is 2.07. The van der Waals surface area contributed by atoms with Crippen LogP contribution in [0.4, 0.5) is 16.2 Å². The van der Waals surface area contributed by atoms with Crippen molar-refractivity contribution in [3.63, 3.8) is 0 Å². The van der Waals surface area contributed by atoms with Crippen LogP contribution in [0.5, 0.6) is 0 Å². The van der Waals surface area contributed by atoms with Crippen LogP contribution in [0.15, 0.2) is 73.1 Å². The second-order valence-electron chi connectivity index (χ2n) is 5.23. The third-order valence-electron chi connectivity index (χ3n) is 3.67. The maximum absolute atomic E-state index is 12.1. The van der Waals surface area contributed by atoms with E-state index in [2.05, 4.69) is 17.6 Å². The van der Waals surface area contributed by atoms with Gasteiger partial charge in [0.05, 0.1) is 0 Å². The van der Waals surface area contributed by atoms with Gasteiger partial charge in [-0.2, -0.15) is 0 Å². The summed E-state index contributed by atoms with van der Waals surface area (Å²) in [5, 5.41) is 5.75. The van der Waals surface area contributed by atoms with Crippen LogP contribution in [0, 0.1) is 0 Å². The number of aryl methyl sites for hydroxylation is 1. The lowest BCUT2D eigenvalue weighted by Crippen LogP contribution is -2.20. The van der Waals surface area contributed by atoms with Crippen molar-refractivity contribution in [1.82, 2.24) is 4.57 Å². The maximum Gasteiger partial charge on any atom is 0.323 e. The van der Waals surface area contributed by atoms with Gasteiger partial charge in [-0.3, -0.25) is 0 Å². The molecule has 0 atom stereocenters. The number of rotatable bonds is 4. The summed E-state index contributed by atoms with van der Waals surface area (Å²) < 4.78 is 2.02. The van der Waals surface area contributed by atoms with E-state index >= 15 is 0 Å². The normalized spacial score (nSPS) is 10.3. The Hall–Kier alpha value is -3.01. The lowest BCUT2D eigenvalue weighted by molar-refractivity contribution is 0.262. The molecule has 2 aromatic carbocycles. The summed E-state index contributed by atoms with van der Waals surface area (Å²) in [6.07, 6.45) is 4.84. The Morgan fingerprint density at radius 2 is 1.61 bits per heavy atom. The lowest BCUT2D eigenvalue weighted by atomic mass is 10.1. The lowest BCUT2D eigenvalue weighted by Gasteiger charge is -2.11. The van der Waals surface area contributed by atoms with E-state index in [0.29, 0.717) is 0 Å². The van der Waals surface area contributed by atoms with Crippen LogP contribution < -0.4 is 10.6 Å². The second-order valence-corrected chi connectivity index (χ2v) is 5.23. The Morgan fingerprint density at radius 1 is 0.913 bits per heavy atom. The minimum absolute atomic E-state index is 0.236. The highest BCUT2D eigenvalue weighted by atomic mass is 16.2. The number of urea groups is 1. The molecule has 0 saturated carbocycles. The zero-order chi connectivity index (χ0) is 16.1. The number of para-hydroxylation sites is 1. The molecule has 2 amide bonds. The van der Waals surface area contributed by atoms with Crippen LogP contribution in [0.25, 0.3) is 5.69 Å². The minimum atomic E-state index is -0.236. The molecule has 0 spiro atoms. The monoisotopic (exact) mass is 305 g/mol. The number of hydrogen-bond acceptors (Lipinski definition) is 1. The average molecular weight is 305 g/mol. The quantitative estimate of drug-likeness (QED) is 0.722. The van der Waals surface area contributed by atoms with Gasteiger partial charge < -0.3 is 15.2 Å². The van der Waals surface area contributed by atoms with Gasteiger partial charge in [0.2, 0.25) is 0 Å². The number of amides is 2. The molecular formula is C19H19N3O. The molecule has 3 aromatic rings. The highest BCUT2D eigenvalue weighted by molar-refractivity contribution is 6.00. The smallest absolute Gasteiger partial charge is 0.323 e. The molecule has 0 aliphatic rings. The van der Waals surface area contributed by atoms with Crippen molar-refractivity contribution in [2.75, 3.05) is 10.6 Å². The Kier molecular flexibility index (Phi) is 4.43. The molecule has 0 radical (unpaired) electrons. The first-order chi connectivity index (χ1) is 11.3. The van der Waals surface area contributed by atoms with Crippen molar-refractivity contribution in [1.29, 1.82) is 0 Å². The van der Waals surface area contributed by atoms with Gasteiger partial charge in [0.25, 0.3) is 0 Å². The van der Waals surface area contributed by atoms with Crippen molar-refractivity contribution in [2.45, 2.75) is 13.3 Å². The maximum atomic E-state index is 12.1. The Bertz CT molecular complexity index is 777. The molecule has 0 aliphatic carbocycles. The first kappa shape index (κ1) is 14.9. The second kappa shape index (κ2) is 6.83. The summed E-state index contributed by atoms with van der Waals surface area (Å²) in [6, 6.07) is 19.2. The largest absolute Gasteiger partial charge is 0.324 e. The van der Waals surface area contributed by atoms with Crippen LogP contribution in [-0.4, -0.2) is 10.6 Å². The van der Waals surface area contributed by atoms with E-state index in [1.807, 2.05) is 77.6 Å². The summed E-state index contributed by atoms with van der Waals surface area (Å²) in [5.74, 6) is 0. The molecular weight excluding hydrogens is 286 g/mol. The van der Waals surface area contributed by atoms with Gasteiger partial charge in [0.1, 0.15) is 0 Å². The molecule has 0 unspecified atom stereocenters. The number of anilines is 2. The summed E-state index contributed by atoms with van der Waals surface area (Å²) in [5.41, 5.74) is 3.77. The van der Waals surface area contributed by atoms with E-state index in [-0.39, 0.29) is 6.03 Å². The molecule has 1 aromatic heterocycles. The molecule has 0 saturated heterocycles. The number of carbonyl (C=O) groups excluding carboxylic acids is 1. The van der Waals surface area contributed by atoms with E-state index in [4.69, 9.17) is 0 Å². The average Bonchev–Trinajstić information content (AvgIpc) is 3.10. The number of aromatic nitrogens is 1. The van der Waals surface area contributed by atoms with Crippen LogP contribution >= 0.6 is 0 Å². The number of carbonyl (C=O) groups is 1. The zero-order valence-corrected chi connectivity index (χ0v) is 13.0. The number of hydrogen-bond donors (Lipinski definition) is 2. The van der Waals surface area contributed by atoms with Gasteiger partial charge in [-0.05, 0) is 54.4 Å². The fourth-order valence-electron chi connectivity index (χ4n) is 2.46. The van der Waals surface area contributed by atoms with Crippen molar-refractivity contribution in [3.05, 3.63) is 78.6 Å². The molecule has 0 fully saturated rings. The van der Waals surface area contributed by atoms with Gasteiger partial charge in [-0.25, -0.2) is 4.79 Å². The highest BCUT2D eigenvalue weighted by Crippen LogP contribution is 2.17. The van der Waals surface area contributed by atoms with E-state index in [1.54, 1.807) is 0 Å². The van der Waals surface area contributed by atoms with E-state index in [0.717, 1.165) is 29.0 Å². The molecule has 23 heavy (non-hydrogen) atoms. The Balaban J connectivity index is 1.66. The molecule has 3 rings (SSSR count). The third-order valence-corrected chi connectivity index (χ3v) is 3.67. The standard InChI is InChI=1S/C19H19N3O/c1-2-15-7-3-4-8-18(15)21-19(23)20-16-9-11-17(12-10-16)22-13-5-6-14-22/h3-14H,2H2,1H3,(H2,20,21,23). The fourth-order valence-corrected chi connectivity index (χ4v) is 2.46. The first-order valence-electron chi connectivity index (χ1n) is 7.65. The summed E-state index contributed by atoms with van der Waals surface area (Å²) in [7, 11) is 0. The van der Waals surface area contributed by atoms with E-state index < -0.39 is 0 Å². The van der Waals surface area contributed by atoms with Crippen molar-refractivity contribution in [3.8, 4) is 5.69 Å². The van der Waals surface area contributed by atoms with Crippen LogP contribution in [0.2, 0.25) is 0 Å². The van der Waals surface area contributed by atoms with Crippen LogP contribution in [0.1, 0.15) is 12.5 Å². The van der Waals surface area contributed by atoms with Crippen LogP contribution in [-0.2, 0) is 6.42 Å². The molecule has 4 nitrogen and oxygen atoms in total. The van der Waals surface area contributed by atoms with Gasteiger partial charge in [-0.1, -0.05) is 25.1 Å². The molecule has 0 aliphatic heterocycles.